The van der Waals surface area contributed by atoms with E-state index < -0.39 is 6.10 Å². The first-order chi connectivity index (χ1) is 13.1. The lowest BCUT2D eigenvalue weighted by Crippen LogP contribution is -2.23. The summed E-state index contributed by atoms with van der Waals surface area (Å²) in [6.07, 6.45) is 16.2. The van der Waals surface area contributed by atoms with Gasteiger partial charge in [0.15, 0.2) is 0 Å². The topological polar surface area (TPSA) is 37.5 Å². The van der Waals surface area contributed by atoms with E-state index in [1.165, 1.54) is 24.0 Å². The van der Waals surface area contributed by atoms with Gasteiger partial charge in [0.25, 0.3) is 0 Å². The summed E-state index contributed by atoms with van der Waals surface area (Å²) in [5.74, 6) is 1.48. The SMILES string of the molecule is C=C/C=C(\C(=C)C)C1CCC(C(O)c2c(C3CC3)ccn3cncc23)CC1. The van der Waals surface area contributed by atoms with Crippen molar-refractivity contribution >= 4 is 5.52 Å². The minimum atomic E-state index is -0.404. The third kappa shape index (κ3) is 3.53. The molecule has 3 heteroatoms. The molecule has 2 heterocycles. The Kier molecular flexibility index (Phi) is 5.05. The molecule has 2 saturated carbocycles. The number of allylic oxidation sites excluding steroid dienone is 4. The number of nitrogens with zero attached hydrogens (tertiary/aromatic N) is 2. The Morgan fingerprint density at radius 1 is 1.26 bits per heavy atom. The summed E-state index contributed by atoms with van der Waals surface area (Å²) in [6.45, 7) is 10.1. The first-order valence-corrected chi connectivity index (χ1v) is 10.2. The van der Waals surface area contributed by atoms with Crippen LogP contribution in [-0.2, 0) is 0 Å². The van der Waals surface area contributed by atoms with E-state index in [4.69, 9.17) is 0 Å². The Labute approximate surface area is 162 Å². The summed E-state index contributed by atoms with van der Waals surface area (Å²) in [7, 11) is 0. The number of aliphatic hydroxyl groups excluding tert-OH is 1. The molecular weight excluding hydrogens is 332 g/mol. The Hall–Kier alpha value is -2.13. The van der Waals surface area contributed by atoms with E-state index in [1.54, 1.807) is 0 Å². The van der Waals surface area contributed by atoms with Gasteiger partial charge in [0.05, 0.1) is 24.1 Å². The van der Waals surface area contributed by atoms with Gasteiger partial charge in [0, 0.05) is 11.8 Å². The van der Waals surface area contributed by atoms with Crippen LogP contribution >= 0.6 is 0 Å². The van der Waals surface area contributed by atoms with Gasteiger partial charge in [-0.2, -0.15) is 0 Å². The minimum Gasteiger partial charge on any atom is -0.388 e. The van der Waals surface area contributed by atoms with Crippen molar-refractivity contribution in [2.45, 2.75) is 57.5 Å². The highest BCUT2D eigenvalue weighted by Crippen LogP contribution is 2.47. The number of hydrogen-bond donors (Lipinski definition) is 1. The molecule has 0 radical (unpaired) electrons. The number of rotatable bonds is 6. The molecule has 2 aromatic heterocycles. The number of fused-ring (bicyclic) bond motifs is 1. The third-order valence-corrected chi connectivity index (χ3v) is 6.43. The summed E-state index contributed by atoms with van der Waals surface area (Å²) < 4.78 is 2.04. The van der Waals surface area contributed by atoms with Crippen molar-refractivity contribution in [3.63, 3.8) is 0 Å². The van der Waals surface area contributed by atoms with Crippen molar-refractivity contribution in [1.29, 1.82) is 0 Å². The van der Waals surface area contributed by atoms with Crippen molar-refractivity contribution in [3.05, 3.63) is 72.4 Å². The van der Waals surface area contributed by atoms with Gasteiger partial charge in [-0.15, -0.1) is 0 Å². The summed E-state index contributed by atoms with van der Waals surface area (Å²) in [5, 5.41) is 11.4. The third-order valence-electron chi connectivity index (χ3n) is 6.43. The van der Waals surface area contributed by atoms with Gasteiger partial charge in [-0.1, -0.05) is 30.9 Å². The predicted molar refractivity (Wildman–Crippen MR) is 111 cm³/mol. The number of imidazole rings is 1. The van der Waals surface area contributed by atoms with Crippen molar-refractivity contribution in [2.24, 2.45) is 11.8 Å². The molecule has 0 amide bonds. The Morgan fingerprint density at radius 2 is 2.00 bits per heavy atom. The zero-order valence-corrected chi connectivity index (χ0v) is 16.3. The second kappa shape index (κ2) is 7.47. The van der Waals surface area contributed by atoms with E-state index in [1.807, 2.05) is 23.0 Å². The fourth-order valence-electron chi connectivity index (χ4n) is 4.84. The van der Waals surface area contributed by atoms with Crippen molar-refractivity contribution in [3.8, 4) is 0 Å². The molecule has 0 bridgehead atoms. The van der Waals surface area contributed by atoms with Gasteiger partial charge in [0.1, 0.15) is 0 Å². The molecule has 2 aliphatic rings. The van der Waals surface area contributed by atoms with Gasteiger partial charge in [-0.05, 0) is 80.4 Å². The first kappa shape index (κ1) is 18.2. The lowest BCUT2D eigenvalue weighted by Gasteiger charge is -2.34. The standard InChI is InChI=1S/C24H30N2O/c1-4-5-20(16(2)3)17-8-10-19(11-9-17)24(27)23-21(18-6-7-18)12-13-26-15-25-14-22(23)26/h4-5,12-15,17-19,24,27H,1-2,6-11H2,3H3/b20-5+. The van der Waals surface area contributed by atoms with Gasteiger partial charge in [-0.25, -0.2) is 4.98 Å². The van der Waals surface area contributed by atoms with E-state index in [-0.39, 0.29) is 0 Å². The largest absolute Gasteiger partial charge is 0.388 e. The average molecular weight is 363 g/mol. The molecule has 3 nitrogen and oxygen atoms in total. The molecule has 142 valence electrons. The highest BCUT2D eigenvalue weighted by atomic mass is 16.3. The Bertz CT molecular complexity index is 879. The van der Waals surface area contributed by atoms with Crippen molar-refractivity contribution in [1.82, 2.24) is 9.38 Å². The highest BCUT2D eigenvalue weighted by Gasteiger charge is 2.34. The zero-order chi connectivity index (χ0) is 19.0. The fourth-order valence-corrected chi connectivity index (χ4v) is 4.84. The van der Waals surface area contributed by atoms with Crippen LogP contribution in [0.4, 0.5) is 0 Å². The summed E-state index contributed by atoms with van der Waals surface area (Å²) in [4.78, 5) is 4.31. The second-order valence-corrected chi connectivity index (χ2v) is 8.34. The molecule has 2 fully saturated rings. The molecule has 2 aliphatic carbocycles. The van der Waals surface area contributed by atoms with Crippen LogP contribution in [0, 0.1) is 11.8 Å². The number of aromatic nitrogens is 2. The van der Waals surface area contributed by atoms with Crippen LogP contribution in [0.25, 0.3) is 5.52 Å². The molecule has 1 unspecified atom stereocenters. The maximum Gasteiger partial charge on any atom is 0.0992 e. The lowest BCUT2D eigenvalue weighted by atomic mass is 9.73. The van der Waals surface area contributed by atoms with Crippen molar-refractivity contribution in [2.75, 3.05) is 0 Å². The molecular formula is C24H30N2O. The molecule has 0 spiro atoms. The smallest absolute Gasteiger partial charge is 0.0992 e. The summed E-state index contributed by atoms with van der Waals surface area (Å²) in [5.41, 5.74) is 6.01. The summed E-state index contributed by atoms with van der Waals surface area (Å²) in [6, 6.07) is 2.20. The quantitative estimate of drug-likeness (QED) is 0.665. The monoisotopic (exact) mass is 362 g/mol. The van der Waals surface area contributed by atoms with Crippen LogP contribution in [0.3, 0.4) is 0 Å². The number of pyridine rings is 1. The molecule has 27 heavy (non-hydrogen) atoms. The van der Waals surface area contributed by atoms with Gasteiger partial charge < -0.3 is 9.51 Å². The van der Waals surface area contributed by atoms with Crippen LogP contribution in [0.2, 0.25) is 0 Å². The fraction of sp³-hybridized carbons (Fsp3) is 0.458. The van der Waals surface area contributed by atoms with Gasteiger partial charge in [0.2, 0.25) is 0 Å². The second-order valence-electron chi connectivity index (χ2n) is 8.34. The summed E-state index contributed by atoms with van der Waals surface area (Å²) >= 11 is 0. The van der Waals surface area contributed by atoms with Gasteiger partial charge in [-0.3, -0.25) is 0 Å². The molecule has 4 rings (SSSR count). The van der Waals surface area contributed by atoms with E-state index in [9.17, 15) is 5.11 Å². The molecule has 0 saturated heterocycles. The Balaban J connectivity index is 1.56. The zero-order valence-electron chi connectivity index (χ0n) is 16.3. The Morgan fingerprint density at radius 3 is 2.63 bits per heavy atom. The van der Waals surface area contributed by atoms with Crippen LogP contribution in [-0.4, -0.2) is 14.5 Å². The van der Waals surface area contributed by atoms with E-state index in [0.29, 0.717) is 17.8 Å². The first-order valence-electron chi connectivity index (χ1n) is 10.2. The van der Waals surface area contributed by atoms with E-state index >= 15 is 0 Å². The van der Waals surface area contributed by atoms with Crippen LogP contribution in [0.5, 0.6) is 0 Å². The molecule has 2 aromatic rings. The number of aliphatic hydroxyl groups is 1. The predicted octanol–water partition coefficient (Wildman–Crippen LogP) is 5.74. The highest BCUT2D eigenvalue weighted by molar-refractivity contribution is 5.59. The van der Waals surface area contributed by atoms with Crippen LogP contribution in [0.1, 0.15) is 68.6 Å². The molecule has 1 atom stereocenters. The van der Waals surface area contributed by atoms with Gasteiger partial charge >= 0.3 is 0 Å². The minimum absolute atomic E-state index is 0.315. The van der Waals surface area contributed by atoms with Crippen molar-refractivity contribution < 1.29 is 5.11 Å². The molecule has 0 aromatic carbocycles. The maximum absolute atomic E-state index is 11.4. The molecule has 0 aliphatic heterocycles. The van der Waals surface area contributed by atoms with Crippen LogP contribution < -0.4 is 0 Å². The average Bonchev–Trinajstić information content (AvgIpc) is 3.41. The molecule has 1 N–H and O–H groups in total. The van der Waals surface area contributed by atoms with Crippen LogP contribution in [0.15, 0.2) is 61.2 Å². The van der Waals surface area contributed by atoms with E-state index in [2.05, 4.69) is 43.4 Å². The maximum atomic E-state index is 11.4. The lowest BCUT2D eigenvalue weighted by molar-refractivity contribution is 0.0776. The van der Waals surface area contributed by atoms with E-state index in [0.717, 1.165) is 42.3 Å². The normalized spacial score (nSPS) is 24.7. The number of hydrogen-bond acceptors (Lipinski definition) is 2.